The minimum atomic E-state index is -0.396. The van der Waals surface area contributed by atoms with Crippen molar-refractivity contribution in [1.29, 1.82) is 0 Å². The molecule has 3 aromatic rings. The quantitative estimate of drug-likeness (QED) is 0.568. The van der Waals surface area contributed by atoms with Crippen LogP contribution < -0.4 is 5.32 Å². The Morgan fingerprint density at radius 3 is 2.62 bits per heavy atom. The van der Waals surface area contributed by atoms with Gasteiger partial charge in [0.2, 0.25) is 11.8 Å². The number of rotatable bonds is 6. The number of carbonyl (C=O) groups is 2. The van der Waals surface area contributed by atoms with Crippen molar-refractivity contribution < 1.29 is 18.7 Å². The molecule has 168 valence electrons. The number of hydrogen-bond acceptors (Lipinski definition) is 4. The Balaban J connectivity index is 1.45. The second-order valence-corrected chi connectivity index (χ2v) is 9.06. The molecule has 4 rings (SSSR count). The van der Waals surface area contributed by atoms with Crippen molar-refractivity contribution in [3.05, 3.63) is 60.5 Å². The Morgan fingerprint density at radius 2 is 1.88 bits per heavy atom. The van der Waals surface area contributed by atoms with Crippen LogP contribution in [0, 0.1) is 5.82 Å². The molecule has 1 saturated heterocycles. The van der Waals surface area contributed by atoms with Crippen LogP contribution in [-0.2, 0) is 20.9 Å². The SMILES string of the molecule is C[C@@H]1CN(C(=O)Cn2cc(SCC(=O)Nc3cccc(F)c3)c3ccccc32)C[C@H](C)O1. The highest BCUT2D eigenvalue weighted by atomic mass is 32.2. The van der Waals surface area contributed by atoms with Gasteiger partial charge < -0.3 is 19.5 Å². The maximum atomic E-state index is 13.3. The highest BCUT2D eigenvalue weighted by Gasteiger charge is 2.26. The number of carbonyl (C=O) groups excluding carboxylic acids is 2. The first-order valence-electron chi connectivity index (χ1n) is 10.6. The molecule has 0 aliphatic carbocycles. The van der Waals surface area contributed by atoms with Gasteiger partial charge in [-0.3, -0.25) is 9.59 Å². The van der Waals surface area contributed by atoms with Crippen molar-refractivity contribution in [3.8, 4) is 0 Å². The van der Waals surface area contributed by atoms with Crippen LogP contribution in [0.2, 0.25) is 0 Å². The van der Waals surface area contributed by atoms with Gasteiger partial charge in [-0.1, -0.05) is 24.3 Å². The molecule has 6 nitrogen and oxygen atoms in total. The predicted octanol–water partition coefficient (Wildman–Crippen LogP) is 4.15. The van der Waals surface area contributed by atoms with Gasteiger partial charge in [0.15, 0.2) is 0 Å². The summed E-state index contributed by atoms with van der Waals surface area (Å²) in [5.74, 6) is -0.387. The van der Waals surface area contributed by atoms with Gasteiger partial charge in [0.25, 0.3) is 0 Å². The zero-order valence-corrected chi connectivity index (χ0v) is 18.9. The van der Waals surface area contributed by atoms with Crippen LogP contribution >= 0.6 is 11.8 Å². The monoisotopic (exact) mass is 455 g/mol. The molecule has 1 aliphatic heterocycles. The molecular weight excluding hydrogens is 429 g/mol. The number of amides is 2. The number of para-hydroxylation sites is 1. The first-order chi connectivity index (χ1) is 15.4. The molecule has 0 saturated carbocycles. The van der Waals surface area contributed by atoms with E-state index in [0.717, 1.165) is 15.8 Å². The molecule has 1 N–H and O–H groups in total. The molecule has 1 aliphatic rings. The topological polar surface area (TPSA) is 63.6 Å². The number of thioether (sulfide) groups is 1. The highest BCUT2D eigenvalue weighted by molar-refractivity contribution is 8.00. The van der Waals surface area contributed by atoms with Gasteiger partial charge in [0.1, 0.15) is 12.4 Å². The third kappa shape index (κ3) is 5.31. The number of halogens is 1. The van der Waals surface area contributed by atoms with Crippen molar-refractivity contribution in [3.63, 3.8) is 0 Å². The van der Waals surface area contributed by atoms with Crippen LogP contribution in [-0.4, -0.2) is 52.3 Å². The lowest BCUT2D eigenvalue weighted by atomic mass is 10.2. The van der Waals surface area contributed by atoms with E-state index in [4.69, 9.17) is 4.74 Å². The number of aromatic nitrogens is 1. The molecule has 0 bridgehead atoms. The maximum Gasteiger partial charge on any atom is 0.242 e. The summed E-state index contributed by atoms with van der Waals surface area (Å²) in [6.45, 7) is 5.36. The van der Waals surface area contributed by atoms with Crippen LogP contribution in [0.3, 0.4) is 0 Å². The number of hydrogen-bond donors (Lipinski definition) is 1. The molecule has 0 spiro atoms. The second-order valence-electron chi connectivity index (χ2n) is 8.04. The van der Waals surface area contributed by atoms with E-state index in [1.54, 1.807) is 12.1 Å². The smallest absolute Gasteiger partial charge is 0.242 e. The van der Waals surface area contributed by atoms with E-state index in [-0.39, 0.29) is 36.3 Å². The van der Waals surface area contributed by atoms with Crippen LogP contribution in [0.15, 0.2) is 59.6 Å². The third-order valence-electron chi connectivity index (χ3n) is 5.30. The Labute approximate surface area is 190 Å². The van der Waals surface area contributed by atoms with E-state index >= 15 is 0 Å². The number of morpholine rings is 1. The summed E-state index contributed by atoms with van der Waals surface area (Å²) >= 11 is 1.39. The minimum absolute atomic E-state index is 0.0202. The number of benzene rings is 2. The minimum Gasteiger partial charge on any atom is -0.372 e. The molecule has 2 heterocycles. The fraction of sp³-hybridized carbons (Fsp3) is 0.333. The fourth-order valence-electron chi connectivity index (χ4n) is 3.99. The molecule has 1 fully saturated rings. The standard InChI is InChI=1S/C24H26FN3O3S/c1-16-11-28(12-17(2)31-16)24(30)14-27-13-22(20-8-3-4-9-21(20)27)32-15-23(29)26-19-7-5-6-18(25)10-19/h3-10,13,16-17H,11-12,14-15H2,1-2H3,(H,26,29)/t16-,17+. The van der Waals surface area contributed by atoms with Gasteiger partial charge in [-0.05, 0) is 38.1 Å². The number of nitrogens with zero attached hydrogens (tertiary/aromatic N) is 2. The van der Waals surface area contributed by atoms with E-state index in [0.29, 0.717) is 18.8 Å². The van der Waals surface area contributed by atoms with Crippen LogP contribution in [0.4, 0.5) is 10.1 Å². The summed E-state index contributed by atoms with van der Waals surface area (Å²) in [7, 11) is 0. The van der Waals surface area contributed by atoms with Crippen LogP contribution in [0.5, 0.6) is 0 Å². The number of anilines is 1. The number of ether oxygens (including phenoxy) is 1. The largest absolute Gasteiger partial charge is 0.372 e. The zero-order chi connectivity index (χ0) is 22.7. The van der Waals surface area contributed by atoms with Gasteiger partial charge in [-0.25, -0.2) is 4.39 Å². The number of fused-ring (bicyclic) bond motifs is 1. The highest BCUT2D eigenvalue weighted by Crippen LogP contribution is 2.30. The van der Waals surface area contributed by atoms with E-state index in [1.807, 2.05) is 53.8 Å². The van der Waals surface area contributed by atoms with Crippen molar-refractivity contribution in [1.82, 2.24) is 9.47 Å². The zero-order valence-electron chi connectivity index (χ0n) is 18.1. The lowest BCUT2D eigenvalue weighted by Crippen LogP contribution is -2.49. The molecule has 8 heteroatoms. The Morgan fingerprint density at radius 1 is 1.12 bits per heavy atom. The molecule has 32 heavy (non-hydrogen) atoms. The van der Waals surface area contributed by atoms with Crippen molar-refractivity contribution in [2.45, 2.75) is 37.5 Å². The first kappa shape index (κ1) is 22.4. The summed E-state index contributed by atoms with van der Waals surface area (Å²) in [5, 5.41) is 3.71. The van der Waals surface area contributed by atoms with Gasteiger partial charge in [0, 0.05) is 40.8 Å². The molecular formula is C24H26FN3O3S. The van der Waals surface area contributed by atoms with Gasteiger partial charge in [0.05, 0.1) is 18.0 Å². The van der Waals surface area contributed by atoms with Crippen molar-refractivity contribution in [2.24, 2.45) is 0 Å². The van der Waals surface area contributed by atoms with Gasteiger partial charge in [-0.15, -0.1) is 11.8 Å². The summed E-state index contributed by atoms with van der Waals surface area (Å²) in [4.78, 5) is 28.1. The van der Waals surface area contributed by atoms with Gasteiger partial charge >= 0.3 is 0 Å². The van der Waals surface area contributed by atoms with E-state index in [2.05, 4.69) is 5.32 Å². The maximum absolute atomic E-state index is 13.3. The predicted molar refractivity (Wildman–Crippen MR) is 124 cm³/mol. The first-order valence-corrected chi connectivity index (χ1v) is 11.6. The third-order valence-corrected chi connectivity index (χ3v) is 6.34. The molecule has 2 atom stereocenters. The number of nitrogens with one attached hydrogen (secondary N) is 1. The lowest BCUT2D eigenvalue weighted by Gasteiger charge is -2.35. The molecule has 0 unspecified atom stereocenters. The Bertz CT molecular complexity index is 1120. The summed E-state index contributed by atoms with van der Waals surface area (Å²) in [5.41, 5.74) is 1.38. The van der Waals surface area contributed by atoms with Crippen molar-refractivity contribution in [2.75, 3.05) is 24.2 Å². The second kappa shape index (κ2) is 9.75. The Hall–Kier alpha value is -2.84. The normalized spacial score (nSPS) is 18.7. The fourth-order valence-corrected chi connectivity index (χ4v) is 4.88. The Kier molecular flexibility index (Phi) is 6.81. The summed E-state index contributed by atoms with van der Waals surface area (Å²) in [6, 6.07) is 13.7. The molecule has 1 aromatic heterocycles. The van der Waals surface area contributed by atoms with E-state index in [9.17, 15) is 14.0 Å². The summed E-state index contributed by atoms with van der Waals surface area (Å²) < 4.78 is 21.0. The van der Waals surface area contributed by atoms with Gasteiger partial charge in [-0.2, -0.15) is 0 Å². The van der Waals surface area contributed by atoms with Crippen LogP contribution in [0.1, 0.15) is 13.8 Å². The molecule has 0 radical (unpaired) electrons. The average molecular weight is 456 g/mol. The van der Waals surface area contributed by atoms with Crippen molar-refractivity contribution >= 4 is 40.2 Å². The molecule has 2 aromatic carbocycles. The summed E-state index contributed by atoms with van der Waals surface area (Å²) in [6.07, 6.45) is 1.97. The average Bonchev–Trinajstić information content (AvgIpc) is 3.09. The van der Waals surface area contributed by atoms with E-state index in [1.165, 1.54) is 23.9 Å². The van der Waals surface area contributed by atoms with E-state index < -0.39 is 5.82 Å². The lowest BCUT2D eigenvalue weighted by molar-refractivity contribution is -0.143. The molecule has 2 amide bonds. The van der Waals surface area contributed by atoms with Crippen LogP contribution in [0.25, 0.3) is 10.9 Å².